The van der Waals surface area contributed by atoms with Crippen molar-refractivity contribution in [1.29, 1.82) is 0 Å². The van der Waals surface area contributed by atoms with Crippen LogP contribution in [0.1, 0.15) is 29.8 Å². The molecule has 1 atom stereocenters. The Balaban J connectivity index is 2.41. The highest BCUT2D eigenvalue weighted by Crippen LogP contribution is 2.22. The summed E-state index contributed by atoms with van der Waals surface area (Å²) >= 11 is 0. The van der Waals surface area contributed by atoms with Crippen LogP contribution < -0.4 is 5.73 Å². The van der Waals surface area contributed by atoms with Crippen LogP contribution in [-0.2, 0) is 17.8 Å². The van der Waals surface area contributed by atoms with Gasteiger partial charge in [-0.25, -0.2) is 0 Å². The van der Waals surface area contributed by atoms with E-state index in [9.17, 15) is 0 Å². The first-order valence-electron chi connectivity index (χ1n) is 4.62. The van der Waals surface area contributed by atoms with E-state index in [0.717, 1.165) is 17.7 Å². The highest BCUT2D eigenvalue weighted by molar-refractivity contribution is 5.29. The molecule has 1 unspecified atom stereocenters. The Hall–Kier alpha value is -0.930. The normalized spacial score (nSPS) is 21.2. The van der Waals surface area contributed by atoms with Gasteiger partial charge in [-0.1, -0.05) is 13.0 Å². The standard InChI is InChI=1S/C10H14N2O/c1-2-7-3-8-9(11)5-13-6-10(8)12-4-7/h3-4,9H,2,5-6,11H2,1H3. The molecule has 0 radical (unpaired) electrons. The third kappa shape index (κ3) is 1.57. The lowest BCUT2D eigenvalue weighted by molar-refractivity contribution is 0.0891. The van der Waals surface area contributed by atoms with Crippen LogP contribution in [-0.4, -0.2) is 11.6 Å². The lowest BCUT2D eigenvalue weighted by Gasteiger charge is -2.21. The maximum Gasteiger partial charge on any atom is 0.0892 e. The average Bonchev–Trinajstić information content (AvgIpc) is 2.18. The summed E-state index contributed by atoms with van der Waals surface area (Å²) < 4.78 is 5.29. The van der Waals surface area contributed by atoms with Crippen LogP contribution in [0.4, 0.5) is 0 Å². The number of hydrogen-bond donors (Lipinski definition) is 1. The van der Waals surface area contributed by atoms with Crippen molar-refractivity contribution in [3.63, 3.8) is 0 Å². The third-order valence-electron chi connectivity index (χ3n) is 2.40. The zero-order valence-electron chi connectivity index (χ0n) is 7.79. The molecule has 1 aliphatic rings. The largest absolute Gasteiger partial charge is 0.373 e. The maximum atomic E-state index is 5.90. The van der Waals surface area contributed by atoms with E-state index in [-0.39, 0.29) is 6.04 Å². The molecular formula is C10H14N2O. The van der Waals surface area contributed by atoms with Gasteiger partial charge >= 0.3 is 0 Å². The van der Waals surface area contributed by atoms with Crippen molar-refractivity contribution in [3.05, 3.63) is 29.1 Å². The lowest BCUT2D eigenvalue weighted by Crippen LogP contribution is -2.24. The molecule has 0 aliphatic carbocycles. The Morgan fingerprint density at radius 1 is 1.69 bits per heavy atom. The van der Waals surface area contributed by atoms with Crippen LogP contribution in [0.3, 0.4) is 0 Å². The fourth-order valence-corrected chi connectivity index (χ4v) is 1.56. The molecule has 1 aromatic heterocycles. The molecule has 2 N–H and O–H groups in total. The van der Waals surface area contributed by atoms with E-state index >= 15 is 0 Å². The average molecular weight is 178 g/mol. The molecule has 0 saturated heterocycles. The van der Waals surface area contributed by atoms with Crippen LogP contribution >= 0.6 is 0 Å². The van der Waals surface area contributed by atoms with Gasteiger partial charge in [0.15, 0.2) is 0 Å². The summed E-state index contributed by atoms with van der Waals surface area (Å²) in [5.41, 5.74) is 9.31. The van der Waals surface area contributed by atoms with Crippen LogP contribution in [0.5, 0.6) is 0 Å². The molecule has 0 saturated carbocycles. The molecule has 1 aromatic rings. The van der Waals surface area contributed by atoms with Gasteiger partial charge in [-0.05, 0) is 17.5 Å². The summed E-state index contributed by atoms with van der Waals surface area (Å²) in [6.45, 7) is 3.34. The fourth-order valence-electron chi connectivity index (χ4n) is 1.56. The van der Waals surface area contributed by atoms with Crippen molar-refractivity contribution in [3.8, 4) is 0 Å². The van der Waals surface area contributed by atoms with Crippen molar-refractivity contribution >= 4 is 0 Å². The van der Waals surface area contributed by atoms with E-state index in [0.29, 0.717) is 13.2 Å². The second-order valence-corrected chi connectivity index (χ2v) is 3.35. The molecule has 1 aliphatic heterocycles. The topological polar surface area (TPSA) is 48.1 Å². The second-order valence-electron chi connectivity index (χ2n) is 3.35. The van der Waals surface area contributed by atoms with Gasteiger partial charge in [-0.15, -0.1) is 0 Å². The van der Waals surface area contributed by atoms with E-state index < -0.39 is 0 Å². The minimum absolute atomic E-state index is 0.00255. The summed E-state index contributed by atoms with van der Waals surface area (Å²) in [6, 6.07) is 2.15. The third-order valence-corrected chi connectivity index (χ3v) is 2.40. The van der Waals surface area contributed by atoms with Crippen LogP contribution in [0, 0.1) is 0 Å². The Bertz CT molecular complexity index is 312. The fraction of sp³-hybridized carbons (Fsp3) is 0.500. The number of fused-ring (bicyclic) bond motifs is 1. The number of rotatable bonds is 1. The zero-order chi connectivity index (χ0) is 9.26. The Labute approximate surface area is 77.9 Å². The summed E-state index contributed by atoms with van der Waals surface area (Å²) in [4.78, 5) is 4.34. The predicted molar refractivity (Wildman–Crippen MR) is 50.2 cm³/mol. The molecule has 0 fully saturated rings. The highest BCUT2D eigenvalue weighted by Gasteiger charge is 2.18. The monoisotopic (exact) mass is 178 g/mol. The Morgan fingerprint density at radius 2 is 2.54 bits per heavy atom. The second kappa shape index (κ2) is 3.44. The van der Waals surface area contributed by atoms with Crippen molar-refractivity contribution < 1.29 is 4.74 Å². The van der Waals surface area contributed by atoms with Crippen molar-refractivity contribution in [2.24, 2.45) is 5.73 Å². The molecule has 0 bridgehead atoms. The first-order chi connectivity index (χ1) is 6.31. The molecule has 0 amide bonds. The number of nitrogens with two attached hydrogens (primary N) is 1. The zero-order valence-corrected chi connectivity index (χ0v) is 7.79. The van der Waals surface area contributed by atoms with Gasteiger partial charge in [0, 0.05) is 6.20 Å². The first-order valence-corrected chi connectivity index (χ1v) is 4.62. The van der Waals surface area contributed by atoms with Crippen molar-refractivity contribution in [2.45, 2.75) is 26.0 Å². The van der Waals surface area contributed by atoms with E-state index in [1.165, 1.54) is 5.56 Å². The maximum absolute atomic E-state index is 5.90. The van der Waals surface area contributed by atoms with Gasteiger partial charge in [-0.3, -0.25) is 4.98 Å². The number of aromatic nitrogens is 1. The minimum Gasteiger partial charge on any atom is -0.373 e. The first kappa shape index (κ1) is 8.66. The van der Waals surface area contributed by atoms with Gasteiger partial charge in [0.1, 0.15) is 0 Å². The molecule has 70 valence electrons. The SMILES string of the molecule is CCc1cnc2c(c1)C(N)COC2. The smallest absolute Gasteiger partial charge is 0.0892 e. The molecule has 0 spiro atoms. The minimum atomic E-state index is 0.00255. The molecule has 13 heavy (non-hydrogen) atoms. The summed E-state index contributed by atoms with van der Waals surface area (Å²) in [5, 5.41) is 0. The van der Waals surface area contributed by atoms with Gasteiger partial charge in [0.05, 0.1) is 24.9 Å². The highest BCUT2D eigenvalue weighted by atomic mass is 16.5. The molecule has 3 nitrogen and oxygen atoms in total. The van der Waals surface area contributed by atoms with E-state index in [1.54, 1.807) is 0 Å². The van der Waals surface area contributed by atoms with E-state index in [2.05, 4.69) is 18.0 Å². The predicted octanol–water partition coefficient (Wildman–Crippen LogP) is 1.17. The summed E-state index contributed by atoms with van der Waals surface area (Å²) in [5.74, 6) is 0. The number of pyridine rings is 1. The van der Waals surface area contributed by atoms with Gasteiger partial charge in [0.25, 0.3) is 0 Å². The lowest BCUT2D eigenvalue weighted by atomic mass is 10.0. The number of hydrogen-bond acceptors (Lipinski definition) is 3. The number of ether oxygens (including phenoxy) is 1. The van der Waals surface area contributed by atoms with Crippen molar-refractivity contribution in [2.75, 3.05) is 6.61 Å². The Morgan fingerprint density at radius 3 is 3.31 bits per heavy atom. The van der Waals surface area contributed by atoms with Gasteiger partial charge in [0.2, 0.25) is 0 Å². The van der Waals surface area contributed by atoms with Gasteiger partial charge in [-0.2, -0.15) is 0 Å². The molecule has 3 heteroatoms. The molecule has 2 rings (SSSR count). The molecule has 0 aromatic carbocycles. The van der Waals surface area contributed by atoms with E-state index in [4.69, 9.17) is 10.5 Å². The Kier molecular flexibility index (Phi) is 2.29. The quantitative estimate of drug-likeness (QED) is 0.702. The van der Waals surface area contributed by atoms with Crippen LogP contribution in [0.15, 0.2) is 12.3 Å². The summed E-state index contributed by atoms with van der Waals surface area (Å²) in [6.07, 6.45) is 2.91. The number of aryl methyl sites for hydroxylation is 1. The molecular weight excluding hydrogens is 164 g/mol. The van der Waals surface area contributed by atoms with Crippen molar-refractivity contribution in [1.82, 2.24) is 4.98 Å². The van der Waals surface area contributed by atoms with E-state index in [1.807, 2.05) is 6.20 Å². The van der Waals surface area contributed by atoms with Crippen LogP contribution in [0.2, 0.25) is 0 Å². The number of nitrogens with zero attached hydrogens (tertiary/aromatic N) is 1. The van der Waals surface area contributed by atoms with Crippen LogP contribution in [0.25, 0.3) is 0 Å². The van der Waals surface area contributed by atoms with Gasteiger partial charge < -0.3 is 10.5 Å². The summed E-state index contributed by atoms with van der Waals surface area (Å²) in [7, 11) is 0. The molecule has 2 heterocycles.